The van der Waals surface area contributed by atoms with E-state index in [0.717, 1.165) is 31.6 Å². The fourth-order valence-corrected chi connectivity index (χ4v) is 1.68. The maximum Gasteiger partial charge on any atom is 0.247 e. The Kier molecular flexibility index (Phi) is 2.00. The summed E-state index contributed by atoms with van der Waals surface area (Å²) in [4.78, 5) is 14.1. The van der Waals surface area contributed by atoms with E-state index in [1.54, 1.807) is 6.20 Å². The molecule has 0 N–H and O–H groups in total. The van der Waals surface area contributed by atoms with Crippen LogP contribution in [0.5, 0.6) is 0 Å². The van der Waals surface area contributed by atoms with Crippen LogP contribution in [0, 0.1) is 10.1 Å². The number of aromatic nitrogens is 2. The van der Waals surface area contributed by atoms with Gasteiger partial charge < -0.3 is 4.57 Å². The van der Waals surface area contributed by atoms with Gasteiger partial charge in [0.25, 0.3) is 0 Å². The van der Waals surface area contributed by atoms with E-state index in [1.165, 1.54) is 0 Å². The smallest absolute Gasteiger partial charge is 0.247 e. The molecule has 0 radical (unpaired) electrons. The molecule has 0 saturated carbocycles. The van der Waals surface area contributed by atoms with Crippen molar-refractivity contribution in [2.24, 2.45) is 0 Å². The number of hydrogen-bond donors (Lipinski definition) is 0. The highest BCUT2D eigenvalue weighted by atomic mass is 16.6. The van der Waals surface area contributed by atoms with Crippen LogP contribution in [0.1, 0.15) is 24.4 Å². The van der Waals surface area contributed by atoms with Crippen molar-refractivity contribution in [3.05, 3.63) is 27.8 Å². The number of rotatable bonds is 2. The van der Waals surface area contributed by atoms with Gasteiger partial charge in [0.2, 0.25) is 6.54 Å². The standard InChI is InChI=1S/C8H11N3O2/c12-11(13)6-7-5-10-4-2-1-3-8(10)9-7/h5H,1-4,6H2. The van der Waals surface area contributed by atoms with Gasteiger partial charge in [0, 0.05) is 24.1 Å². The predicted octanol–water partition coefficient (Wildman–Crippen LogP) is 0.996. The third-order valence-corrected chi connectivity index (χ3v) is 2.25. The molecule has 0 amide bonds. The molecule has 5 heteroatoms. The molecule has 0 aromatic carbocycles. The third kappa shape index (κ3) is 1.68. The average Bonchev–Trinajstić information content (AvgIpc) is 2.44. The lowest BCUT2D eigenvalue weighted by molar-refractivity contribution is -0.497. The zero-order chi connectivity index (χ0) is 9.26. The minimum absolute atomic E-state index is 0.153. The van der Waals surface area contributed by atoms with Crippen molar-refractivity contribution in [3.63, 3.8) is 0 Å². The van der Waals surface area contributed by atoms with Crippen molar-refractivity contribution in [1.82, 2.24) is 9.55 Å². The highest BCUT2D eigenvalue weighted by molar-refractivity contribution is 5.04. The molecule has 1 aromatic heterocycles. The van der Waals surface area contributed by atoms with E-state index in [1.807, 2.05) is 4.57 Å². The second-order valence-electron chi connectivity index (χ2n) is 3.29. The first-order valence-corrected chi connectivity index (χ1v) is 4.42. The van der Waals surface area contributed by atoms with Gasteiger partial charge in [-0.1, -0.05) is 0 Å². The first kappa shape index (κ1) is 8.22. The van der Waals surface area contributed by atoms with Crippen molar-refractivity contribution in [2.45, 2.75) is 32.4 Å². The SMILES string of the molecule is O=[N+]([O-])Cc1cn2c(n1)CCCC2. The maximum absolute atomic E-state index is 10.2. The lowest BCUT2D eigenvalue weighted by Crippen LogP contribution is -2.08. The van der Waals surface area contributed by atoms with Gasteiger partial charge in [0.1, 0.15) is 11.5 Å². The van der Waals surface area contributed by atoms with Crippen molar-refractivity contribution >= 4 is 0 Å². The number of imidazole rings is 1. The third-order valence-electron chi connectivity index (χ3n) is 2.25. The largest absolute Gasteiger partial charge is 0.334 e. The Morgan fingerprint density at radius 2 is 2.46 bits per heavy atom. The van der Waals surface area contributed by atoms with Gasteiger partial charge in [-0.05, 0) is 12.8 Å². The summed E-state index contributed by atoms with van der Waals surface area (Å²) < 4.78 is 2.03. The monoisotopic (exact) mass is 181 g/mol. The second-order valence-corrected chi connectivity index (χ2v) is 3.29. The van der Waals surface area contributed by atoms with E-state index in [0.29, 0.717) is 5.69 Å². The molecule has 0 aliphatic carbocycles. The van der Waals surface area contributed by atoms with E-state index >= 15 is 0 Å². The predicted molar refractivity (Wildman–Crippen MR) is 45.9 cm³/mol. The average molecular weight is 181 g/mol. The van der Waals surface area contributed by atoms with Crippen LogP contribution in [0.4, 0.5) is 0 Å². The van der Waals surface area contributed by atoms with Crippen LogP contribution in [0.2, 0.25) is 0 Å². The molecule has 1 aliphatic rings. The topological polar surface area (TPSA) is 61.0 Å². The normalized spacial score (nSPS) is 15.4. The zero-order valence-electron chi connectivity index (χ0n) is 7.27. The molecule has 1 aliphatic heterocycles. The van der Waals surface area contributed by atoms with Crippen LogP contribution in [0.15, 0.2) is 6.20 Å². The van der Waals surface area contributed by atoms with Crippen LogP contribution >= 0.6 is 0 Å². The fourth-order valence-electron chi connectivity index (χ4n) is 1.68. The number of nitrogens with zero attached hydrogens (tertiary/aromatic N) is 3. The Morgan fingerprint density at radius 1 is 1.62 bits per heavy atom. The Balaban J connectivity index is 2.20. The molecule has 0 atom stereocenters. The summed E-state index contributed by atoms with van der Waals surface area (Å²) in [6, 6.07) is 0. The van der Waals surface area contributed by atoms with E-state index in [-0.39, 0.29) is 11.5 Å². The lowest BCUT2D eigenvalue weighted by atomic mass is 10.2. The summed E-state index contributed by atoms with van der Waals surface area (Å²) in [5, 5.41) is 10.2. The van der Waals surface area contributed by atoms with Gasteiger partial charge in [-0.3, -0.25) is 10.1 Å². The van der Waals surface area contributed by atoms with E-state index < -0.39 is 0 Å². The van der Waals surface area contributed by atoms with Crippen molar-refractivity contribution < 1.29 is 4.92 Å². The van der Waals surface area contributed by atoms with Gasteiger partial charge in [0.05, 0.1) is 0 Å². The van der Waals surface area contributed by atoms with Gasteiger partial charge in [-0.25, -0.2) is 4.98 Å². The first-order chi connectivity index (χ1) is 6.25. The van der Waals surface area contributed by atoms with Crippen LogP contribution in [-0.4, -0.2) is 14.5 Å². The minimum Gasteiger partial charge on any atom is -0.334 e. The van der Waals surface area contributed by atoms with Crippen LogP contribution < -0.4 is 0 Å². The van der Waals surface area contributed by atoms with Crippen molar-refractivity contribution in [3.8, 4) is 0 Å². The molecule has 2 rings (SSSR count). The van der Waals surface area contributed by atoms with Gasteiger partial charge in [-0.2, -0.15) is 0 Å². The quantitative estimate of drug-likeness (QED) is 0.505. The minimum atomic E-state index is -0.339. The zero-order valence-corrected chi connectivity index (χ0v) is 7.27. The Bertz CT molecular complexity index is 309. The summed E-state index contributed by atoms with van der Waals surface area (Å²) in [5.41, 5.74) is 0.585. The van der Waals surface area contributed by atoms with E-state index in [9.17, 15) is 10.1 Å². The molecule has 5 nitrogen and oxygen atoms in total. The summed E-state index contributed by atoms with van der Waals surface area (Å²) in [6.07, 6.45) is 5.06. The molecule has 0 unspecified atom stereocenters. The number of aryl methyl sites for hydroxylation is 2. The summed E-state index contributed by atoms with van der Waals surface area (Å²) >= 11 is 0. The van der Waals surface area contributed by atoms with E-state index in [4.69, 9.17) is 0 Å². The van der Waals surface area contributed by atoms with Gasteiger partial charge >= 0.3 is 0 Å². The molecule has 0 spiro atoms. The molecule has 70 valence electrons. The molecule has 0 saturated heterocycles. The molecule has 13 heavy (non-hydrogen) atoms. The van der Waals surface area contributed by atoms with Gasteiger partial charge in [0.15, 0.2) is 0 Å². The highest BCUT2D eigenvalue weighted by Crippen LogP contribution is 2.14. The molecular weight excluding hydrogens is 170 g/mol. The second kappa shape index (κ2) is 3.16. The van der Waals surface area contributed by atoms with Crippen LogP contribution in [-0.2, 0) is 19.5 Å². The van der Waals surface area contributed by atoms with Gasteiger partial charge in [-0.15, -0.1) is 0 Å². The molecule has 0 fully saturated rings. The van der Waals surface area contributed by atoms with Crippen molar-refractivity contribution in [1.29, 1.82) is 0 Å². The number of fused-ring (bicyclic) bond motifs is 1. The molecular formula is C8H11N3O2. The Hall–Kier alpha value is -1.39. The number of hydrogen-bond acceptors (Lipinski definition) is 3. The Morgan fingerprint density at radius 3 is 3.15 bits per heavy atom. The summed E-state index contributed by atoms with van der Waals surface area (Å²) in [5.74, 6) is 1.00. The molecule has 0 bridgehead atoms. The van der Waals surface area contributed by atoms with Crippen LogP contribution in [0.25, 0.3) is 0 Å². The summed E-state index contributed by atoms with van der Waals surface area (Å²) in [7, 11) is 0. The fraction of sp³-hybridized carbons (Fsp3) is 0.625. The van der Waals surface area contributed by atoms with Crippen LogP contribution in [0.3, 0.4) is 0 Å². The summed E-state index contributed by atoms with van der Waals surface area (Å²) in [6.45, 7) is 0.806. The van der Waals surface area contributed by atoms with E-state index in [2.05, 4.69) is 4.98 Å². The highest BCUT2D eigenvalue weighted by Gasteiger charge is 2.14. The Labute approximate surface area is 75.5 Å². The number of nitro groups is 1. The maximum atomic E-state index is 10.2. The molecule has 1 aromatic rings. The van der Waals surface area contributed by atoms with Crippen molar-refractivity contribution in [2.75, 3.05) is 0 Å². The molecule has 2 heterocycles. The first-order valence-electron chi connectivity index (χ1n) is 4.42. The lowest BCUT2D eigenvalue weighted by Gasteiger charge is -2.11.